The Morgan fingerprint density at radius 1 is 1.07 bits per heavy atom. The summed E-state index contributed by atoms with van der Waals surface area (Å²) >= 11 is 1.40. The number of nitrogens with zero attached hydrogens (tertiary/aromatic N) is 2. The molecule has 0 bridgehead atoms. The molecule has 2 heterocycles. The van der Waals surface area contributed by atoms with Gasteiger partial charge < -0.3 is 9.84 Å². The van der Waals surface area contributed by atoms with Gasteiger partial charge in [0.25, 0.3) is 11.8 Å². The number of carbonyl (C=O) groups excluding carboxylic acids is 1. The summed E-state index contributed by atoms with van der Waals surface area (Å²) in [5, 5.41) is 7.26. The Kier molecular flexibility index (Phi) is 5.34. The van der Waals surface area contributed by atoms with Gasteiger partial charge in [0.1, 0.15) is 0 Å². The first-order valence-electron chi connectivity index (χ1n) is 9.51. The zero-order chi connectivity index (χ0) is 18.6. The topological polar surface area (TPSA) is 68.0 Å². The minimum Gasteiger partial charge on any atom is -0.349 e. The highest BCUT2D eigenvalue weighted by molar-refractivity contribution is 7.17. The smallest absolute Gasteiger partial charge is 0.261 e. The highest BCUT2D eigenvalue weighted by Gasteiger charge is 2.19. The zero-order valence-corrected chi connectivity index (χ0v) is 16.2. The van der Waals surface area contributed by atoms with Crippen molar-refractivity contribution in [2.45, 2.75) is 51.5 Å². The fourth-order valence-corrected chi connectivity index (χ4v) is 4.23. The third kappa shape index (κ3) is 4.27. The predicted molar refractivity (Wildman–Crippen MR) is 107 cm³/mol. The van der Waals surface area contributed by atoms with Crippen LogP contribution in [0.15, 0.2) is 40.9 Å². The molecule has 27 heavy (non-hydrogen) atoms. The van der Waals surface area contributed by atoms with Crippen LogP contribution in [-0.2, 0) is 0 Å². The van der Waals surface area contributed by atoms with Crippen molar-refractivity contribution in [3.8, 4) is 22.2 Å². The van der Waals surface area contributed by atoms with Gasteiger partial charge in [0.2, 0.25) is 5.82 Å². The van der Waals surface area contributed by atoms with Gasteiger partial charge in [-0.15, -0.1) is 11.3 Å². The molecule has 3 aromatic rings. The van der Waals surface area contributed by atoms with E-state index in [1.165, 1.54) is 42.6 Å². The maximum Gasteiger partial charge on any atom is 0.261 e. The Bertz CT molecular complexity index is 906. The van der Waals surface area contributed by atoms with Crippen LogP contribution in [0, 0.1) is 6.92 Å². The summed E-state index contributed by atoms with van der Waals surface area (Å²) in [5.74, 6) is 1.01. The van der Waals surface area contributed by atoms with Gasteiger partial charge in [-0.2, -0.15) is 4.98 Å². The van der Waals surface area contributed by atoms with Crippen molar-refractivity contribution in [3.05, 3.63) is 46.8 Å². The lowest BCUT2D eigenvalue weighted by molar-refractivity contribution is 0.0937. The average Bonchev–Trinajstić information content (AvgIpc) is 3.28. The predicted octanol–water partition coefficient (Wildman–Crippen LogP) is 5.23. The summed E-state index contributed by atoms with van der Waals surface area (Å²) in [7, 11) is 0. The first kappa shape index (κ1) is 17.9. The van der Waals surface area contributed by atoms with Crippen LogP contribution in [0.2, 0.25) is 0 Å². The average molecular weight is 382 g/mol. The molecule has 1 aliphatic rings. The third-order valence-corrected chi connectivity index (χ3v) is 6.05. The molecule has 4 rings (SSSR count). The van der Waals surface area contributed by atoms with Gasteiger partial charge in [0.05, 0.1) is 9.75 Å². The van der Waals surface area contributed by atoms with Gasteiger partial charge in [-0.1, -0.05) is 48.5 Å². The first-order chi connectivity index (χ1) is 13.2. The van der Waals surface area contributed by atoms with Crippen molar-refractivity contribution in [2.75, 3.05) is 0 Å². The lowest BCUT2D eigenvalue weighted by Gasteiger charge is -2.15. The normalized spacial score (nSPS) is 15.4. The second-order valence-electron chi connectivity index (χ2n) is 7.12. The van der Waals surface area contributed by atoms with Crippen LogP contribution in [0.1, 0.15) is 53.8 Å². The number of rotatable bonds is 4. The monoisotopic (exact) mass is 381 g/mol. The lowest BCUT2D eigenvalue weighted by atomic mass is 10.1. The van der Waals surface area contributed by atoms with E-state index in [0.29, 0.717) is 22.6 Å². The zero-order valence-electron chi connectivity index (χ0n) is 15.4. The molecule has 0 unspecified atom stereocenters. The standard InChI is InChI=1S/C21H23N3O2S/c1-14-8-10-15(11-9-14)21-23-19(24-26-21)17-12-13-18(27-17)20(25)22-16-6-4-2-3-5-7-16/h8-13,16H,2-7H2,1H3,(H,22,25). The number of benzene rings is 1. The SMILES string of the molecule is Cc1ccc(-c2nc(-c3ccc(C(=O)NC4CCCCCC4)s3)no2)cc1. The van der Waals surface area contributed by atoms with E-state index in [1.54, 1.807) is 0 Å². The first-order valence-corrected chi connectivity index (χ1v) is 10.3. The number of aryl methyl sites for hydroxylation is 1. The minimum absolute atomic E-state index is 0.000373. The van der Waals surface area contributed by atoms with E-state index >= 15 is 0 Å². The molecule has 1 saturated carbocycles. The third-order valence-electron chi connectivity index (χ3n) is 4.97. The molecule has 0 saturated heterocycles. The molecular weight excluding hydrogens is 358 g/mol. The van der Waals surface area contributed by atoms with E-state index in [0.717, 1.165) is 23.3 Å². The summed E-state index contributed by atoms with van der Waals surface area (Å²) < 4.78 is 5.40. The van der Waals surface area contributed by atoms with Crippen LogP contribution in [0.5, 0.6) is 0 Å². The highest BCUT2D eigenvalue weighted by atomic mass is 32.1. The highest BCUT2D eigenvalue weighted by Crippen LogP contribution is 2.28. The summed E-state index contributed by atoms with van der Waals surface area (Å²) in [5.41, 5.74) is 2.07. The number of nitrogens with one attached hydrogen (secondary N) is 1. The molecule has 0 atom stereocenters. The van der Waals surface area contributed by atoms with Crippen molar-refractivity contribution in [1.82, 2.24) is 15.5 Å². The number of aromatic nitrogens is 2. The summed E-state index contributed by atoms with van der Waals surface area (Å²) in [6, 6.07) is 12.0. The second kappa shape index (κ2) is 8.05. The van der Waals surface area contributed by atoms with Crippen molar-refractivity contribution >= 4 is 17.2 Å². The van der Waals surface area contributed by atoms with E-state index < -0.39 is 0 Å². The number of carbonyl (C=O) groups is 1. The Hall–Kier alpha value is -2.47. The number of hydrogen-bond donors (Lipinski definition) is 1. The van der Waals surface area contributed by atoms with Crippen LogP contribution in [-0.4, -0.2) is 22.1 Å². The molecule has 1 N–H and O–H groups in total. The number of thiophene rings is 1. The number of hydrogen-bond acceptors (Lipinski definition) is 5. The Balaban J connectivity index is 1.46. The fraction of sp³-hybridized carbons (Fsp3) is 0.381. The molecule has 6 heteroatoms. The van der Waals surface area contributed by atoms with Crippen LogP contribution in [0.4, 0.5) is 0 Å². The minimum atomic E-state index is 0.000373. The molecule has 1 amide bonds. The largest absolute Gasteiger partial charge is 0.349 e. The molecule has 1 aromatic carbocycles. The second-order valence-corrected chi connectivity index (χ2v) is 8.20. The summed E-state index contributed by atoms with van der Waals surface area (Å²) in [6.07, 6.45) is 7.10. The van der Waals surface area contributed by atoms with Crippen molar-refractivity contribution < 1.29 is 9.32 Å². The molecule has 140 valence electrons. The van der Waals surface area contributed by atoms with Gasteiger partial charge >= 0.3 is 0 Å². The maximum atomic E-state index is 12.6. The Labute approximate surface area is 162 Å². The molecule has 5 nitrogen and oxygen atoms in total. The Morgan fingerprint density at radius 3 is 2.56 bits per heavy atom. The van der Waals surface area contributed by atoms with Gasteiger partial charge in [-0.3, -0.25) is 4.79 Å². The van der Waals surface area contributed by atoms with E-state index in [2.05, 4.69) is 15.5 Å². The van der Waals surface area contributed by atoms with Crippen molar-refractivity contribution in [3.63, 3.8) is 0 Å². The molecule has 0 aliphatic heterocycles. The van der Waals surface area contributed by atoms with Crippen LogP contribution in [0.25, 0.3) is 22.2 Å². The van der Waals surface area contributed by atoms with Gasteiger partial charge in [0.15, 0.2) is 0 Å². The summed E-state index contributed by atoms with van der Waals surface area (Å²) in [4.78, 5) is 18.6. The van der Waals surface area contributed by atoms with E-state index in [-0.39, 0.29) is 5.91 Å². The van der Waals surface area contributed by atoms with Crippen molar-refractivity contribution in [2.24, 2.45) is 0 Å². The van der Waals surface area contributed by atoms with Gasteiger partial charge in [-0.05, 0) is 44.0 Å². The van der Waals surface area contributed by atoms with Crippen molar-refractivity contribution in [1.29, 1.82) is 0 Å². The van der Waals surface area contributed by atoms with Gasteiger partial charge in [0, 0.05) is 11.6 Å². The van der Waals surface area contributed by atoms with Crippen LogP contribution < -0.4 is 5.32 Å². The molecule has 1 aliphatic carbocycles. The maximum absolute atomic E-state index is 12.6. The molecule has 1 fully saturated rings. The fourth-order valence-electron chi connectivity index (χ4n) is 3.40. The van der Waals surface area contributed by atoms with Gasteiger partial charge in [-0.25, -0.2) is 0 Å². The van der Waals surface area contributed by atoms with Crippen LogP contribution >= 0.6 is 11.3 Å². The molecule has 0 spiro atoms. The summed E-state index contributed by atoms with van der Waals surface area (Å²) in [6.45, 7) is 2.04. The van der Waals surface area contributed by atoms with Crippen LogP contribution in [0.3, 0.4) is 0 Å². The molecule has 0 radical (unpaired) electrons. The lowest BCUT2D eigenvalue weighted by Crippen LogP contribution is -2.33. The Morgan fingerprint density at radius 2 is 1.81 bits per heavy atom. The molecular formula is C21H23N3O2S. The number of amides is 1. The van der Waals surface area contributed by atoms with E-state index in [4.69, 9.17) is 4.52 Å². The van der Waals surface area contributed by atoms with E-state index in [1.807, 2.05) is 43.3 Å². The van der Waals surface area contributed by atoms with E-state index in [9.17, 15) is 4.79 Å². The molecule has 2 aromatic heterocycles. The quantitative estimate of drug-likeness (QED) is 0.629.